The van der Waals surface area contributed by atoms with Crippen molar-refractivity contribution in [2.45, 2.75) is 27.2 Å². The van der Waals surface area contributed by atoms with Gasteiger partial charge in [0.15, 0.2) is 0 Å². The second-order valence-electron chi connectivity index (χ2n) is 1.91. The Labute approximate surface area is 65.8 Å². The van der Waals surface area contributed by atoms with Crippen LogP contribution in [0.2, 0.25) is 0 Å². The van der Waals surface area contributed by atoms with Crippen LogP contribution in [0.1, 0.15) is 27.2 Å². The van der Waals surface area contributed by atoms with E-state index >= 15 is 0 Å². The molecule has 0 radical (unpaired) electrons. The molecule has 0 amide bonds. The van der Waals surface area contributed by atoms with Crippen LogP contribution in [-0.4, -0.2) is 5.97 Å². The fraction of sp³-hybridized carbons (Fsp3) is 0.571. The second kappa shape index (κ2) is 4.34. The molecule has 0 spiro atoms. The standard InChI is InChI=1S/C7H11ClO2/c1-4-7(8)5(2)10-6(3)9/h4H2,1-3H3. The first kappa shape index (κ1) is 9.50. The molecule has 0 fully saturated rings. The number of halogens is 1. The van der Waals surface area contributed by atoms with E-state index in [0.717, 1.165) is 0 Å². The normalized spacial score (nSPS) is 12.4. The summed E-state index contributed by atoms with van der Waals surface area (Å²) in [6.45, 7) is 4.92. The minimum absolute atomic E-state index is 0.330. The fourth-order valence-corrected chi connectivity index (χ4v) is 0.558. The summed E-state index contributed by atoms with van der Waals surface area (Å²) >= 11 is 5.66. The van der Waals surface area contributed by atoms with Crippen molar-refractivity contribution in [2.24, 2.45) is 0 Å². The molecule has 58 valence electrons. The maximum absolute atomic E-state index is 10.4. The first-order chi connectivity index (χ1) is 4.57. The molecule has 0 aliphatic heterocycles. The van der Waals surface area contributed by atoms with Crippen molar-refractivity contribution in [3.05, 3.63) is 10.8 Å². The number of carbonyl (C=O) groups excluding carboxylic acids is 1. The van der Waals surface area contributed by atoms with Crippen molar-refractivity contribution in [3.8, 4) is 0 Å². The van der Waals surface area contributed by atoms with E-state index in [1.165, 1.54) is 6.92 Å². The van der Waals surface area contributed by atoms with Crippen LogP contribution in [0.4, 0.5) is 0 Å². The zero-order chi connectivity index (χ0) is 8.15. The number of carbonyl (C=O) groups is 1. The predicted molar refractivity (Wildman–Crippen MR) is 40.6 cm³/mol. The Kier molecular flexibility index (Phi) is 4.12. The van der Waals surface area contributed by atoms with Gasteiger partial charge in [0.1, 0.15) is 5.76 Å². The Morgan fingerprint density at radius 2 is 2.00 bits per heavy atom. The number of ether oxygens (including phenoxy) is 1. The Balaban J connectivity index is 4.04. The predicted octanol–water partition coefficient (Wildman–Crippen LogP) is 2.43. The summed E-state index contributed by atoms with van der Waals surface area (Å²) in [5, 5.41) is 0.593. The number of hydrogen-bond donors (Lipinski definition) is 0. The molecule has 10 heavy (non-hydrogen) atoms. The Hall–Kier alpha value is -0.500. The Bertz CT molecular complexity index is 161. The first-order valence-electron chi connectivity index (χ1n) is 3.11. The van der Waals surface area contributed by atoms with Crippen LogP contribution in [0.5, 0.6) is 0 Å². The van der Waals surface area contributed by atoms with Gasteiger partial charge in [0, 0.05) is 6.92 Å². The van der Waals surface area contributed by atoms with E-state index in [2.05, 4.69) is 0 Å². The SMILES string of the molecule is CCC(Cl)=C(C)OC(C)=O. The van der Waals surface area contributed by atoms with Gasteiger partial charge in [0.25, 0.3) is 0 Å². The summed E-state index contributed by atoms with van der Waals surface area (Å²) in [7, 11) is 0. The van der Waals surface area contributed by atoms with E-state index in [-0.39, 0.29) is 5.97 Å². The molecular weight excluding hydrogens is 152 g/mol. The lowest BCUT2D eigenvalue weighted by atomic mass is 10.4. The molecule has 0 N–H and O–H groups in total. The molecule has 0 unspecified atom stereocenters. The molecule has 3 heteroatoms. The van der Waals surface area contributed by atoms with Crippen molar-refractivity contribution in [1.29, 1.82) is 0 Å². The highest BCUT2D eigenvalue weighted by Crippen LogP contribution is 2.13. The molecule has 0 bridgehead atoms. The third-order valence-electron chi connectivity index (χ3n) is 0.989. The van der Waals surface area contributed by atoms with Gasteiger partial charge in [-0.1, -0.05) is 18.5 Å². The minimum atomic E-state index is -0.330. The maximum atomic E-state index is 10.4. The molecule has 0 saturated heterocycles. The largest absolute Gasteiger partial charge is 0.430 e. The van der Waals surface area contributed by atoms with E-state index < -0.39 is 0 Å². The highest BCUT2D eigenvalue weighted by Gasteiger charge is 1.99. The molecular formula is C7H11ClO2. The van der Waals surface area contributed by atoms with Gasteiger partial charge >= 0.3 is 5.97 Å². The quantitative estimate of drug-likeness (QED) is 0.461. The van der Waals surface area contributed by atoms with E-state index in [4.69, 9.17) is 16.3 Å². The van der Waals surface area contributed by atoms with E-state index in [1.807, 2.05) is 6.92 Å². The second-order valence-corrected chi connectivity index (χ2v) is 2.36. The van der Waals surface area contributed by atoms with E-state index in [9.17, 15) is 4.79 Å². The average molecular weight is 163 g/mol. The molecule has 0 atom stereocenters. The van der Waals surface area contributed by atoms with Crippen LogP contribution in [-0.2, 0) is 9.53 Å². The first-order valence-corrected chi connectivity index (χ1v) is 3.49. The number of rotatable bonds is 2. The van der Waals surface area contributed by atoms with Gasteiger partial charge in [-0.25, -0.2) is 0 Å². The zero-order valence-corrected chi connectivity index (χ0v) is 7.16. The summed E-state index contributed by atoms with van der Waals surface area (Å²) in [4.78, 5) is 10.4. The van der Waals surface area contributed by atoms with Gasteiger partial charge in [-0.15, -0.1) is 0 Å². The molecule has 2 nitrogen and oxygen atoms in total. The van der Waals surface area contributed by atoms with Crippen molar-refractivity contribution in [2.75, 3.05) is 0 Å². The lowest BCUT2D eigenvalue weighted by molar-refractivity contribution is -0.136. The molecule has 0 aliphatic rings. The summed E-state index contributed by atoms with van der Waals surface area (Å²) in [5.74, 6) is 0.167. The number of esters is 1. The topological polar surface area (TPSA) is 26.3 Å². The molecule has 0 aromatic rings. The molecule has 0 rings (SSSR count). The lowest BCUT2D eigenvalue weighted by Gasteiger charge is -2.01. The van der Waals surface area contributed by atoms with Gasteiger partial charge < -0.3 is 4.74 Å². The van der Waals surface area contributed by atoms with Crippen molar-refractivity contribution < 1.29 is 9.53 Å². The monoisotopic (exact) mass is 162 g/mol. The third-order valence-corrected chi connectivity index (χ3v) is 1.52. The molecule has 0 aliphatic carbocycles. The third kappa shape index (κ3) is 3.51. The maximum Gasteiger partial charge on any atom is 0.307 e. The van der Waals surface area contributed by atoms with E-state index in [0.29, 0.717) is 17.2 Å². The highest BCUT2D eigenvalue weighted by atomic mass is 35.5. The van der Waals surface area contributed by atoms with Crippen LogP contribution in [0.25, 0.3) is 0 Å². The van der Waals surface area contributed by atoms with Crippen LogP contribution < -0.4 is 0 Å². The summed E-state index contributed by atoms with van der Waals surface area (Å²) in [5.41, 5.74) is 0. The van der Waals surface area contributed by atoms with Crippen molar-refractivity contribution >= 4 is 17.6 Å². The molecule has 0 heterocycles. The molecule has 0 aromatic carbocycles. The van der Waals surface area contributed by atoms with Crippen LogP contribution in [0.15, 0.2) is 10.8 Å². The van der Waals surface area contributed by atoms with E-state index in [1.54, 1.807) is 6.92 Å². The summed E-state index contributed by atoms with van der Waals surface area (Å²) in [6, 6.07) is 0. The summed E-state index contributed by atoms with van der Waals surface area (Å²) < 4.78 is 4.71. The van der Waals surface area contributed by atoms with Crippen LogP contribution in [0.3, 0.4) is 0 Å². The van der Waals surface area contributed by atoms with Gasteiger partial charge in [0.05, 0.1) is 5.03 Å². The van der Waals surface area contributed by atoms with Crippen LogP contribution >= 0.6 is 11.6 Å². The number of allylic oxidation sites excluding steroid dienone is 2. The van der Waals surface area contributed by atoms with Crippen molar-refractivity contribution in [1.82, 2.24) is 0 Å². The lowest BCUT2D eigenvalue weighted by Crippen LogP contribution is -1.96. The fourth-order valence-electron chi connectivity index (χ4n) is 0.520. The highest BCUT2D eigenvalue weighted by molar-refractivity contribution is 6.29. The average Bonchev–Trinajstić information content (AvgIpc) is 1.85. The Morgan fingerprint density at radius 1 is 1.50 bits per heavy atom. The summed E-state index contributed by atoms with van der Waals surface area (Å²) in [6.07, 6.45) is 0.695. The zero-order valence-electron chi connectivity index (χ0n) is 6.40. The van der Waals surface area contributed by atoms with Gasteiger partial charge in [0.2, 0.25) is 0 Å². The van der Waals surface area contributed by atoms with Gasteiger partial charge in [-0.3, -0.25) is 4.79 Å². The van der Waals surface area contributed by atoms with Gasteiger partial charge in [-0.2, -0.15) is 0 Å². The van der Waals surface area contributed by atoms with Crippen molar-refractivity contribution in [3.63, 3.8) is 0 Å². The number of hydrogen-bond acceptors (Lipinski definition) is 2. The van der Waals surface area contributed by atoms with Crippen LogP contribution in [0, 0.1) is 0 Å². The minimum Gasteiger partial charge on any atom is -0.430 e. The molecule has 0 saturated carbocycles. The van der Waals surface area contributed by atoms with Gasteiger partial charge in [-0.05, 0) is 13.3 Å². The smallest absolute Gasteiger partial charge is 0.307 e. The Morgan fingerprint density at radius 3 is 2.30 bits per heavy atom. The molecule has 0 aromatic heterocycles.